The minimum absolute atomic E-state index is 0.0604. The Kier molecular flexibility index (Phi) is 6.58. The molecule has 0 aliphatic heterocycles. The molecule has 1 heterocycles. The van der Waals surface area contributed by atoms with E-state index in [2.05, 4.69) is 20.8 Å². The lowest BCUT2D eigenvalue weighted by Crippen LogP contribution is -2.20. The van der Waals surface area contributed by atoms with Gasteiger partial charge in [0.2, 0.25) is 11.8 Å². The lowest BCUT2D eigenvalue weighted by molar-refractivity contribution is -0.124. The molecule has 0 unspecified atom stereocenters. The number of amides is 2. The second-order valence-corrected chi connectivity index (χ2v) is 4.92. The quantitative estimate of drug-likeness (QED) is 0.512. The molecule has 0 spiro atoms. The monoisotopic (exact) mass is 328 g/mol. The summed E-state index contributed by atoms with van der Waals surface area (Å²) < 4.78 is 5.33. The summed E-state index contributed by atoms with van der Waals surface area (Å²) in [5.74, 6) is 0.192. The summed E-state index contributed by atoms with van der Waals surface area (Å²) in [5, 5.41) is 6.53. The van der Waals surface area contributed by atoms with E-state index in [-0.39, 0.29) is 24.7 Å². The Labute approximate surface area is 140 Å². The van der Waals surface area contributed by atoms with E-state index in [0.717, 1.165) is 11.4 Å². The highest BCUT2D eigenvalue weighted by molar-refractivity contribution is 5.93. The van der Waals surface area contributed by atoms with Crippen LogP contribution in [0.1, 0.15) is 25.5 Å². The van der Waals surface area contributed by atoms with Gasteiger partial charge in [-0.15, -0.1) is 0 Å². The number of anilines is 1. The maximum absolute atomic E-state index is 11.8. The molecular weight excluding hydrogens is 308 g/mol. The van der Waals surface area contributed by atoms with Gasteiger partial charge in [0.15, 0.2) is 0 Å². The van der Waals surface area contributed by atoms with Gasteiger partial charge in [0, 0.05) is 24.7 Å². The number of aromatic amines is 1. The molecule has 126 valence electrons. The lowest BCUT2D eigenvalue weighted by Gasteiger charge is -2.07. The van der Waals surface area contributed by atoms with Gasteiger partial charge in [0.25, 0.3) is 0 Å². The number of hydrazone groups is 1. The molecular formula is C17H20N4O3. The second kappa shape index (κ2) is 9.14. The molecule has 3 N–H and O–H groups in total. The molecule has 0 saturated carbocycles. The van der Waals surface area contributed by atoms with Gasteiger partial charge >= 0.3 is 0 Å². The van der Waals surface area contributed by atoms with Crippen LogP contribution in [-0.4, -0.2) is 29.6 Å². The minimum atomic E-state index is -0.320. The number of carbonyl (C=O) groups excluding carboxylic acids is 2. The number of ether oxygens (including phenoxy) is 1. The summed E-state index contributed by atoms with van der Waals surface area (Å²) in [5.41, 5.74) is 3.82. The summed E-state index contributed by atoms with van der Waals surface area (Å²) in [4.78, 5) is 26.4. The first-order valence-corrected chi connectivity index (χ1v) is 7.65. The number of hydrogen-bond acceptors (Lipinski definition) is 4. The third-order valence-corrected chi connectivity index (χ3v) is 3.04. The van der Waals surface area contributed by atoms with Crippen LogP contribution in [0.25, 0.3) is 0 Å². The maximum atomic E-state index is 11.8. The fourth-order valence-corrected chi connectivity index (χ4v) is 1.91. The van der Waals surface area contributed by atoms with Gasteiger partial charge in [-0.25, -0.2) is 5.43 Å². The van der Waals surface area contributed by atoms with Gasteiger partial charge in [-0.3, -0.25) is 9.59 Å². The Morgan fingerprint density at radius 3 is 2.58 bits per heavy atom. The van der Waals surface area contributed by atoms with Crippen LogP contribution < -0.4 is 15.5 Å². The number of benzene rings is 1. The molecule has 2 amide bonds. The zero-order chi connectivity index (χ0) is 17.2. The Bertz CT molecular complexity index is 678. The minimum Gasteiger partial charge on any atom is -0.494 e. The van der Waals surface area contributed by atoms with Crippen molar-refractivity contribution in [3.8, 4) is 5.75 Å². The molecule has 0 atom stereocenters. The van der Waals surface area contributed by atoms with E-state index in [1.54, 1.807) is 30.5 Å². The van der Waals surface area contributed by atoms with Crippen molar-refractivity contribution in [2.24, 2.45) is 5.10 Å². The van der Waals surface area contributed by atoms with Crippen molar-refractivity contribution in [2.75, 3.05) is 11.9 Å². The first kappa shape index (κ1) is 17.3. The van der Waals surface area contributed by atoms with Crippen LogP contribution in [0.5, 0.6) is 5.75 Å². The maximum Gasteiger partial charge on any atom is 0.240 e. The molecule has 0 fully saturated rings. The van der Waals surface area contributed by atoms with E-state index < -0.39 is 0 Å². The average molecular weight is 328 g/mol. The highest BCUT2D eigenvalue weighted by atomic mass is 16.5. The Morgan fingerprint density at radius 1 is 1.17 bits per heavy atom. The SMILES string of the molecule is CCOc1ccc(NC(=O)CCC(=O)N/N=C/c2ccc[nH]2)cc1. The van der Waals surface area contributed by atoms with E-state index >= 15 is 0 Å². The standard InChI is InChI=1S/C17H20N4O3/c1-2-24-15-7-5-13(6-8-15)20-16(22)9-10-17(23)21-19-12-14-4-3-11-18-14/h3-8,11-12,18H,2,9-10H2,1H3,(H,20,22)(H,21,23)/b19-12+. The van der Waals surface area contributed by atoms with Crippen molar-refractivity contribution in [1.29, 1.82) is 0 Å². The van der Waals surface area contributed by atoms with Crippen molar-refractivity contribution in [2.45, 2.75) is 19.8 Å². The number of hydrogen-bond donors (Lipinski definition) is 3. The Balaban J connectivity index is 1.69. The van der Waals surface area contributed by atoms with Crippen molar-refractivity contribution >= 4 is 23.7 Å². The lowest BCUT2D eigenvalue weighted by atomic mass is 10.2. The summed E-state index contributed by atoms with van der Waals surface area (Å²) in [7, 11) is 0. The van der Waals surface area contributed by atoms with E-state index in [1.165, 1.54) is 6.21 Å². The third-order valence-electron chi connectivity index (χ3n) is 3.04. The zero-order valence-electron chi connectivity index (χ0n) is 13.4. The summed E-state index contributed by atoms with van der Waals surface area (Å²) in [6.45, 7) is 2.50. The number of aromatic nitrogens is 1. The number of H-pyrrole nitrogens is 1. The van der Waals surface area contributed by atoms with Crippen LogP contribution in [0.3, 0.4) is 0 Å². The highest BCUT2D eigenvalue weighted by Crippen LogP contribution is 2.15. The average Bonchev–Trinajstić information content (AvgIpc) is 3.08. The van der Waals surface area contributed by atoms with E-state index in [9.17, 15) is 9.59 Å². The van der Waals surface area contributed by atoms with Crippen LogP contribution >= 0.6 is 0 Å². The zero-order valence-corrected chi connectivity index (χ0v) is 13.4. The van der Waals surface area contributed by atoms with E-state index in [4.69, 9.17) is 4.74 Å². The van der Waals surface area contributed by atoms with Crippen LogP contribution in [0.2, 0.25) is 0 Å². The molecule has 1 aromatic carbocycles. The van der Waals surface area contributed by atoms with Crippen LogP contribution in [0, 0.1) is 0 Å². The molecule has 0 saturated heterocycles. The summed E-state index contributed by atoms with van der Waals surface area (Å²) in [6.07, 6.45) is 3.40. The number of rotatable bonds is 8. The van der Waals surface area contributed by atoms with Crippen molar-refractivity contribution in [3.05, 3.63) is 48.3 Å². The largest absolute Gasteiger partial charge is 0.494 e. The fraction of sp³-hybridized carbons (Fsp3) is 0.235. The van der Waals surface area contributed by atoms with Gasteiger partial charge in [-0.2, -0.15) is 5.10 Å². The van der Waals surface area contributed by atoms with Gasteiger partial charge in [-0.1, -0.05) is 0 Å². The van der Waals surface area contributed by atoms with Crippen molar-refractivity contribution < 1.29 is 14.3 Å². The first-order valence-electron chi connectivity index (χ1n) is 7.65. The number of nitrogens with zero attached hydrogens (tertiary/aromatic N) is 1. The molecule has 7 nitrogen and oxygen atoms in total. The summed E-state index contributed by atoms with van der Waals surface area (Å²) >= 11 is 0. The highest BCUT2D eigenvalue weighted by Gasteiger charge is 2.07. The number of carbonyl (C=O) groups is 2. The van der Waals surface area contributed by atoms with Crippen LogP contribution in [0.15, 0.2) is 47.7 Å². The van der Waals surface area contributed by atoms with Crippen LogP contribution in [0.4, 0.5) is 5.69 Å². The molecule has 2 aromatic rings. The molecule has 1 aromatic heterocycles. The topological polar surface area (TPSA) is 95.6 Å². The van der Waals surface area contributed by atoms with Crippen molar-refractivity contribution in [3.63, 3.8) is 0 Å². The molecule has 24 heavy (non-hydrogen) atoms. The molecule has 0 aliphatic rings. The van der Waals surface area contributed by atoms with Crippen LogP contribution in [-0.2, 0) is 9.59 Å². The van der Waals surface area contributed by atoms with Gasteiger partial charge in [0.05, 0.1) is 18.5 Å². The Morgan fingerprint density at radius 2 is 1.92 bits per heavy atom. The number of nitrogens with one attached hydrogen (secondary N) is 3. The van der Waals surface area contributed by atoms with E-state index in [1.807, 2.05) is 19.1 Å². The molecule has 7 heteroatoms. The predicted octanol–water partition coefficient (Wildman–Crippen LogP) is 2.28. The summed E-state index contributed by atoms with van der Waals surface area (Å²) in [6, 6.07) is 10.7. The molecule has 0 radical (unpaired) electrons. The van der Waals surface area contributed by atoms with Gasteiger partial charge in [0.1, 0.15) is 5.75 Å². The van der Waals surface area contributed by atoms with Gasteiger partial charge < -0.3 is 15.0 Å². The normalized spacial score (nSPS) is 10.5. The Hall–Kier alpha value is -3.09. The predicted molar refractivity (Wildman–Crippen MR) is 92.0 cm³/mol. The van der Waals surface area contributed by atoms with Crippen molar-refractivity contribution in [1.82, 2.24) is 10.4 Å². The third kappa shape index (κ3) is 5.96. The first-order chi connectivity index (χ1) is 11.7. The second-order valence-electron chi connectivity index (χ2n) is 4.92. The van der Waals surface area contributed by atoms with Gasteiger partial charge in [-0.05, 0) is 43.3 Å². The van der Waals surface area contributed by atoms with E-state index in [0.29, 0.717) is 12.3 Å². The smallest absolute Gasteiger partial charge is 0.240 e. The fourth-order valence-electron chi connectivity index (χ4n) is 1.91. The molecule has 0 aliphatic carbocycles. The molecule has 0 bridgehead atoms. The molecule has 2 rings (SSSR count).